The molecule has 2 aromatic rings. The Hall–Kier alpha value is -2.64. The summed E-state index contributed by atoms with van der Waals surface area (Å²) >= 11 is 0. The standard InChI is InChI=1S/C14H18N6O2/c1-10-9-16-13(18-11(10)15)19-7-3-14(4-8-19,12(21)22)20-6-2-5-17-20/h2,5-6,9H,3-4,7-8H2,1H3,(H,21,22)(H2,15,16,18). The van der Waals surface area contributed by atoms with Crippen molar-refractivity contribution in [1.82, 2.24) is 19.7 Å². The van der Waals surface area contributed by atoms with Gasteiger partial charge in [-0.2, -0.15) is 10.1 Å². The van der Waals surface area contributed by atoms with E-state index in [4.69, 9.17) is 5.73 Å². The number of hydrogen-bond donors (Lipinski definition) is 2. The van der Waals surface area contributed by atoms with Crippen LogP contribution in [0.15, 0.2) is 24.7 Å². The molecule has 1 aliphatic heterocycles. The van der Waals surface area contributed by atoms with Gasteiger partial charge in [0, 0.05) is 50.1 Å². The van der Waals surface area contributed by atoms with Crippen LogP contribution in [-0.4, -0.2) is 43.9 Å². The minimum absolute atomic E-state index is 0.432. The van der Waals surface area contributed by atoms with Gasteiger partial charge in [0.15, 0.2) is 5.54 Å². The van der Waals surface area contributed by atoms with E-state index in [9.17, 15) is 9.90 Å². The maximum atomic E-state index is 11.8. The van der Waals surface area contributed by atoms with E-state index in [2.05, 4.69) is 15.1 Å². The SMILES string of the molecule is Cc1cnc(N2CCC(C(=O)O)(n3cccn3)CC2)nc1N. The predicted octanol–water partition coefficient (Wildman–Crippen LogP) is 0.644. The summed E-state index contributed by atoms with van der Waals surface area (Å²) in [5.41, 5.74) is 5.65. The maximum Gasteiger partial charge on any atom is 0.331 e. The second-order valence-electron chi connectivity index (χ2n) is 5.51. The van der Waals surface area contributed by atoms with Crippen LogP contribution in [0.4, 0.5) is 11.8 Å². The molecule has 2 aromatic heterocycles. The Balaban J connectivity index is 1.81. The minimum Gasteiger partial charge on any atom is -0.479 e. The van der Waals surface area contributed by atoms with Crippen molar-refractivity contribution < 1.29 is 9.90 Å². The second-order valence-corrected chi connectivity index (χ2v) is 5.51. The lowest BCUT2D eigenvalue weighted by atomic mass is 9.88. The molecule has 1 fully saturated rings. The van der Waals surface area contributed by atoms with Crippen LogP contribution in [-0.2, 0) is 10.3 Å². The summed E-state index contributed by atoms with van der Waals surface area (Å²) in [4.78, 5) is 22.3. The Labute approximate surface area is 127 Å². The molecule has 0 saturated carbocycles. The van der Waals surface area contributed by atoms with E-state index < -0.39 is 11.5 Å². The highest BCUT2D eigenvalue weighted by Gasteiger charge is 2.44. The Morgan fingerprint density at radius 3 is 2.68 bits per heavy atom. The first-order valence-electron chi connectivity index (χ1n) is 7.10. The molecule has 0 amide bonds. The van der Waals surface area contributed by atoms with E-state index in [1.54, 1.807) is 24.7 Å². The highest BCUT2D eigenvalue weighted by Crippen LogP contribution is 2.31. The number of aliphatic carboxylic acids is 1. The van der Waals surface area contributed by atoms with Gasteiger partial charge >= 0.3 is 5.97 Å². The zero-order valence-corrected chi connectivity index (χ0v) is 12.3. The molecule has 0 atom stereocenters. The van der Waals surface area contributed by atoms with Gasteiger partial charge in [-0.25, -0.2) is 9.78 Å². The molecule has 3 N–H and O–H groups in total. The average molecular weight is 302 g/mol. The molecule has 3 heterocycles. The van der Waals surface area contributed by atoms with Crippen LogP contribution in [0.5, 0.6) is 0 Å². The quantitative estimate of drug-likeness (QED) is 0.856. The summed E-state index contributed by atoms with van der Waals surface area (Å²) in [5, 5.41) is 13.8. The summed E-state index contributed by atoms with van der Waals surface area (Å²) < 4.78 is 1.54. The van der Waals surface area contributed by atoms with Crippen molar-refractivity contribution in [3.05, 3.63) is 30.2 Å². The molecule has 0 spiro atoms. The molecule has 22 heavy (non-hydrogen) atoms. The van der Waals surface area contributed by atoms with Crippen LogP contribution >= 0.6 is 0 Å². The van der Waals surface area contributed by atoms with Crippen LogP contribution in [0.3, 0.4) is 0 Å². The van der Waals surface area contributed by atoms with E-state index in [-0.39, 0.29) is 0 Å². The van der Waals surface area contributed by atoms with Crippen molar-refractivity contribution in [3.8, 4) is 0 Å². The Morgan fingerprint density at radius 1 is 1.41 bits per heavy atom. The van der Waals surface area contributed by atoms with Gasteiger partial charge in [0.05, 0.1) is 0 Å². The fourth-order valence-electron chi connectivity index (χ4n) is 2.74. The van der Waals surface area contributed by atoms with Crippen LogP contribution in [0, 0.1) is 6.92 Å². The van der Waals surface area contributed by atoms with Gasteiger partial charge in [-0.1, -0.05) is 0 Å². The number of piperidine rings is 1. The number of hydrogen-bond acceptors (Lipinski definition) is 6. The zero-order chi connectivity index (χ0) is 15.7. The van der Waals surface area contributed by atoms with Gasteiger partial charge < -0.3 is 15.7 Å². The molecule has 1 aliphatic rings. The number of carbonyl (C=O) groups is 1. The average Bonchev–Trinajstić information content (AvgIpc) is 3.05. The summed E-state index contributed by atoms with van der Waals surface area (Å²) in [6, 6.07) is 1.74. The lowest BCUT2D eigenvalue weighted by Gasteiger charge is -2.38. The molecular weight excluding hydrogens is 284 g/mol. The van der Waals surface area contributed by atoms with Crippen molar-refractivity contribution in [3.63, 3.8) is 0 Å². The monoisotopic (exact) mass is 302 g/mol. The molecule has 1 saturated heterocycles. The highest BCUT2D eigenvalue weighted by molar-refractivity contribution is 5.77. The molecule has 0 unspecified atom stereocenters. The van der Waals surface area contributed by atoms with Gasteiger partial charge in [-0.05, 0) is 13.0 Å². The Morgan fingerprint density at radius 2 is 2.14 bits per heavy atom. The minimum atomic E-state index is -1.00. The number of aromatic nitrogens is 4. The van der Waals surface area contributed by atoms with Crippen molar-refractivity contribution in [2.24, 2.45) is 0 Å². The summed E-state index contributed by atoms with van der Waals surface area (Å²) in [5.74, 6) is 0.134. The first-order chi connectivity index (χ1) is 10.5. The number of nitrogens with two attached hydrogens (primary N) is 1. The molecule has 3 rings (SSSR count). The molecular formula is C14H18N6O2. The normalized spacial score (nSPS) is 17.4. The Kier molecular flexibility index (Phi) is 3.44. The van der Waals surface area contributed by atoms with Crippen LogP contribution in [0.2, 0.25) is 0 Å². The summed E-state index contributed by atoms with van der Waals surface area (Å²) in [6.07, 6.45) is 5.84. The summed E-state index contributed by atoms with van der Waals surface area (Å²) in [6.45, 7) is 2.92. The topological polar surface area (TPSA) is 110 Å². The molecule has 0 aromatic carbocycles. The van der Waals surface area contributed by atoms with Crippen LogP contribution in [0.25, 0.3) is 0 Å². The molecule has 0 bridgehead atoms. The fourth-order valence-corrected chi connectivity index (χ4v) is 2.74. The molecule has 0 aliphatic carbocycles. The highest BCUT2D eigenvalue weighted by atomic mass is 16.4. The molecule has 8 nitrogen and oxygen atoms in total. The van der Waals surface area contributed by atoms with Crippen molar-refractivity contribution in [2.75, 3.05) is 23.7 Å². The molecule has 0 radical (unpaired) electrons. The van der Waals surface area contributed by atoms with E-state index in [1.165, 1.54) is 4.68 Å². The van der Waals surface area contributed by atoms with Crippen molar-refractivity contribution in [1.29, 1.82) is 0 Å². The number of nitrogen functional groups attached to an aromatic ring is 1. The third-order valence-electron chi connectivity index (χ3n) is 4.21. The zero-order valence-electron chi connectivity index (χ0n) is 12.3. The van der Waals surface area contributed by atoms with Gasteiger partial charge in [-0.3, -0.25) is 4.68 Å². The predicted molar refractivity (Wildman–Crippen MR) is 80.5 cm³/mol. The number of rotatable bonds is 3. The van der Waals surface area contributed by atoms with E-state index >= 15 is 0 Å². The largest absolute Gasteiger partial charge is 0.479 e. The van der Waals surface area contributed by atoms with E-state index in [0.29, 0.717) is 37.7 Å². The fraction of sp³-hybridized carbons (Fsp3) is 0.429. The smallest absolute Gasteiger partial charge is 0.331 e. The van der Waals surface area contributed by atoms with Gasteiger partial charge in [0.1, 0.15) is 5.82 Å². The Bertz CT molecular complexity index is 677. The number of anilines is 2. The van der Waals surface area contributed by atoms with Crippen LogP contribution in [0.1, 0.15) is 18.4 Å². The number of carboxylic acid groups (broad SMARTS) is 1. The lowest BCUT2D eigenvalue weighted by molar-refractivity contribution is -0.149. The maximum absolute atomic E-state index is 11.8. The van der Waals surface area contributed by atoms with Crippen molar-refractivity contribution in [2.45, 2.75) is 25.3 Å². The number of carboxylic acids is 1. The third kappa shape index (κ3) is 2.26. The first kappa shape index (κ1) is 14.3. The number of nitrogens with zero attached hydrogens (tertiary/aromatic N) is 5. The van der Waals surface area contributed by atoms with Gasteiger partial charge in [-0.15, -0.1) is 0 Å². The second kappa shape index (κ2) is 5.28. The van der Waals surface area contributed by atoms with E-state index in [1.807, 2.05) is 11.8 Å². The first-order valence-corrected chi connectivity index (χ1v) is 7.10. The van der Waals surface area contributed by atoms with Gasteiger partial charge in [0.25, 0.3) is 0 Å². The number of aryl methyl sites for hydroxylation is 1. The lowest BCUT2D eigenvalue weighted by Crippen LogP contribution is -2.51. The molecule has 8 heteroatoms. The van der Waals surface area contributed by atoms with Crippen molar-refractivity contribution >= 4 is 17.7 Å². The third-order valence-corrected chi connectivity index (χ3v) is 4.21. The van der Waals surface area contributed by atoms with E-state index in [0.717, 1.165) is 5.56 Å². The summed E-state index contributed by atoms with van der Waals surface area (Å²) in [7, 11) is 0. The van der Waals surface area contributed by atoms with Gasteiger partial charge in [0.2, 0.25) is 5.95 Å². The van der Waals surface area contributed by atoms with Crippen LogP contribution < -0.4 is 10.6 Å². The molecule has 116 valence electrons.